The van der Waals surface area contributed by atoms with Crippen LogP contribution in [-0.4, -0.2) is 49.6 Å². The van der Waals surface area contributed by atoms with Gasteiger partial charge in [-0.25, -0.2) is 4.39 Å². The van der Waals surface area contributed by atoms with E-state index in [0.717, 1.165) is 62.6 Å². The first-order valence-corrected chi connectivity index (χ1v) is 11.7. The Bertz CT molecular complexity index is 1000. The van der Waals surface area contributed by atoms with Crippen LogP contribution in [-0.2, 0) is 6.54 Å². The van der Waals surface area contributed by atoms with Crippen molar-refractivity contribution >= 4 is 0 Å². The average Bonchev–Trinajstić information content (AvgIpc) is 2.85. The molecule has 1 aliphatic rings. The lowest BCUT2D eigenvalue weighted by Gasteiger charge is -2.35. The zero-order chi connectivity index (χ0) is 23.0. The van der Waals surface area contributed by atoms with E-state index >= 15 is 0 Å². The SMILES string of the molecule is COc1ccc(C(CCN2CCN(Cc3ccccc3)CC2)Oc2cc(C)ccc2F)cc1. The molecule has 1 saturated heterocycles. The van der Waals surface area contributed by atoms with Crippen molar-refractivity contribution in [3.05, 3.63) is 95.3 Å². The maximum Gasteiger partial charge on any atom is 0.165 e. The molecule has 4 rings (SSSR count). The molecule has 0 bridgehead atoms. The van der Waals surface area contributed by atoms with Crippen LogP contribution in [0.1, 0.15) is 29.2 Å². The van der Waals surface area contributed by atoms with Crippen LogP contribution in [0.3, 0.4) is 0 Å². The molecule has 4 nitrogen and oxygen atoms in total. The predicted molar refractivity (Wildman–Crippen MR) is 130 cm³/mol. The summed E-state index contributed by atoms with van der Waals surface area (Å²) < 4.78 is 25.9. The van der Waals surface area contributed by atoms with Gasteiger partial charge in [-0.3, -0.25) is 4.90 Å². The Morgan fingerprint density at radius 2 is 1.58 bits per heavy atom. The summed E-state index contributed by atoms with van der Waals surface area (Å²) >= 11 is 0. The molecule has 0 aromatic heterocycles. The topological polar surface area (TPSA) is 24.9 Å². The monoisotopic (exact) mass is 448 g/mol. The molecule has 1 unspecified atom stereocenters. The highest BCUT2D eigenvalue weighted by molar-refractivity contribution is 5.32. The molecule has 1 atom stereocenters. The van der Waals surface area contributed by atoms with Crippen LogP contribution in [0.25, 0.3) is 0 Å². The minimum absolute atomic E-state index is 0.227. The first kappa shape index (κ1) is 23.3. The summed E-state index contributed by atoms with van der Waals surface area (Å²) in [5, 5.41) is 0. The second kappa shape index (κ2) is 11.3. The van der Waals surface area contributed by atoms with E-state index < -0.39 is 0 Å². The fourth-order valence-corrected chi connectivity index (χ4v) is 4.28. The Morgan fingerprint density at radius 1 is 0.879 bits per heavy atom. The molecule has 0 amide bonds. The Labute approximate surface area is 196 Å². The molecule has 0 N–H and O–H groups in total. The van der Waals surface area contributed by atoms with Gasteiger partial charge in [0.05, 0.1) is 7.11 Å². The van der Waals surface area contributed by atoms with Crippen LogP contribution in [0.15, 0.2) is 72.8 Å². The van der Waals surface area contributed by atoms with Gasteiger partial charge in [0.1, 0.15) is 11.9 Å². The zero-order valence-electron chi connectivity index (χ0n) is 19.5. The molecule has 0 aliphatic carbocycles. The van der Waals surface area contributed by atoms with Gasteiger partial charge in [-0.2, -0.15) is 0 Å². The van der Waals surface area contributed by atoms with E-state index in [-0.39, 0.29) is 11.9 Å². The first-order chi connectivity index (χ1) is 16.1. The minimum Gasteiger partial charge on any atom is -0.497 e. The quantitative estimate of drug-likeness (QED) is 0.433. The van der Waals surface area contributed by atoms with E-state index in [9.17, 15) is 4.39 Å². The van der Waals surface area contributed by atoms with Crippen LogP contribution in [0.5, 0.6) is 11.5 Å². The van der Waals surface area contributed by atoms with E-state index in [1.165, 1.54) is 11.6 Å². The van der Waals surface area contributed by atoms with E-state index in [1.807, 2.05) is 31.2 Å². The van der Waals surface area contributed by atoms with Gasteiger partial charge in [-0.05, 0) is 47.9 Å². The third-order valence-corrected chi connectivity index (χ3v) is 6.26. The molecule has 0 saturated carbocycles. The van der Waals surface area contributed by atoms with Crippen molar-refractivity contribution in [1.29, 1.82) is 0 Å². The summed E-state index contributed by atoms with van der Waals surface area (Å²) in [6.45, 7) is 8.01. The molecule has 33 heavy (non-hydrogen) atoms. The van der Waals surface area contributed by atoms with Gasteiger partial charge in [-0.15, -0.1) is 0 Å². The van der Waals surface area contributed by atoms with Gasteiger partial charge in [0, 0.05) is 45.7 Å². The molecule has 1 heterocycles. The highest BCUT2D eigenvalue weighted by Crippen LogP contribution is 2.29. The molecule has 5 heteroatoms. The van der Waals surface area contributed by atoms with Gasteiger partial charge < -0.3 is 14.4 Å². The summed E-state index contributed by atoms with van der Waals surface area (Å²) in [6.07, 6.45) is 0.563. The minimum atomic E-state index is -0.325. The summed E-state index contributed by atoms with van der Waals surface area (Å²) in [6, 6.07) is 23.5. The van der Waals surface area contributed by atoms with E-state index in [1.54, 1.807) is 19.2 Å². The molecule has 174 valence electrons. The highest BCUT2D eigenvalue weighted by Gasteiger charge is 2.21. The molecule has 0 radical (unpaired) electrons. The predicted octanol–water partition coefficient (Wildman–Crippen LogP) is 5.47. The standard InChI is InChI=1S/C28H33FN2O2/c1-22-8-13-26(29)28(20-22)33-27(24-9-11-25(32-2)12-10-24)14-15-30-16-18-31(19-17-30)21-23-6-4-3-5-7-23/h3-13,20,27H,14-19,21H2,1-2H3. The summed E-state index contributed by atoms with van der Waals surface area (Å²) in [5.74, 6) is 0.783. The summed E-state index contributed by atoms with van der Waals surface area (Å²) in [5.41, 5.74) is 3.37. The number of rotatable bonds is 9. The Hall–Kier alpha value is -2.89. The van der Waals surface area contributed by atoms with E-state index in [4.69, 9.17) is 9.47 Å². The number of piperazine rings is 1. The number of methoxy groups -OCH3 is 1. The van der Waals surface area contributed by atoms with Crippen molar-refractivity contribution in [3.63, 3.8) is 0 Å². The maximum absolute atomic E-state index is 14.4. The largest absolute Gasteiger partial charge is 0.497 e. The second-order valence-electron chi connectivity index (χ2n) is 8.71. The Balaban J connectivity index is 1.37. The van der Waals surface area contributed by atoms with Crippen molar-refractivity contribution in [2.75, 3.05) is 39.8 Å². The number of nitrogens with zero attached hydrogens (tertiary/aromatic N) is 2. The third kappa shape index (κ3) is 6.56. The number of ether oxygens (including phenoxy) is 2. The van der Waals surface area contributed by atoms with Crippen LogP contribution >= 0.6 is 0 Å². The summed E-state index contributed by atoms with van der Waals surface area (Å²) in [4.78, 5) is 4.99. The molecule has 3 aromatic rings. The highest BCUT2D eigenvalue weighted by atomic mass is 19.1. The second-order valence-corrected chi connectivity index (χ2v) is 8.71. The Morgan fingerprint density at radius 3 is 2.27 bits per heavy atom. The molecular weight excluding hydrogens is 415 g/mol. The van der Waals surface area contributed by atoms with E-state index in [0.29, 0.717) is 5.75 Å². The van der Waals surface area contributed by atoms with Gasteiger partial charge in [-0.1, -0.05) is 48.5 Å². The van der Waals surface area contributed by atoms with Gasteiger partial charge in [0.25, 0.3) is 0 Å². The number of hydrogen-bond donors (Lipinski definition) is 0. The lowest BCUT2D eigenvalue weighted by Crippen LogP contribution is -2.46. The average molecular weight is 449 g/mol. The van der Waals surface area contributed by atoms with Crippen LogP contribution in [0.2, 0.25) is 0 Å². The van der Waals surface area contributed by atoms with Crippen molar-refractivity contribution in [3.8, 4) is 11.5 Å². The van der Waals surface area contributed by atoms with Crippen molar-refractivity contribution < 1.29 is 13.9 Å². The van der Waals surface area contributed by atoms with Crippen molar-refractivity contribution in [2.45, 2.75) is 26.0 Å². The fraction of sp³-hybridized carbons (Fsp3) is 0.357. The molecule has 1 aliphatic heterocycles. The molecule has 1 fully saturated rings. The normalized spacial score (nSPS) is 15.8. The number of aryl methyl sites for hydroxylation is 1. The smallest absolute Gasteiger partial charge is 0.165 e. The maximum atomic E-state index is 14.4. The summed E-state index contributed by atoms with van der Waals surface area (Å²) in [7, 11) is 1.66. The van der Waals surface area contributed by atoms with Crippen LogP contribution in [0.4, 0.5) is 4.39 Å². The molecule has 3 aromatic carbocycles. The fourth-order valence-electron chi connectivity index (χ4n) is 4.28. The van der Waals surface area contributed by atoms with Crippen molar-refractivity contribution in [2.24, 2.45) is 0 Å². The van der Waals surface area contributed by atoms with Gasteiger partial charge in [0.2, 0.25) is 0 Å². The third-order valence-electron chi connectivity index (χ3n) is 6.26. The molecular formula is C28H33FN2O2. The van der Waals surface area contributed by atoms with E-state index in [2.05, 4.69) is 40.1 Å². The van der Waals surface area contributed by atoms with Crippen LogP contribution in [0, 0.1) is 12.7 Å². The van der Waals surface area contributed by atoms with Crippen LogP contribution < -0.4 is 9.47 Å². The Kier molecular flexibility index (Phi) is 7.97. The number of halogens is 1. The molecule has 0 spiro atoms. The van der Waals surface area contributed by atoms with Crippen molar-refractivity contribution in [1.82, 2.24) is 9.80 Å². The van der Waals surface area contributed by atoms with Gasteiger partial charge >= 0.3 is 0 Å². The lowest BCUT2D eigenvalue weighted by atomic mass is 10.1. The number of benzene rings is 3. The lowest BCUT2D eigenvalue weighted by molar-refractivity contribution is 0.105. The first-order valence-electron chi connectivity index (χ1n) is 11.7. The number of hydrogen-bond acceptors (Lipinski definition) is 4. The zero-order valence-corrected chi connectivity index (χ0v) is 19.5. The van der Waals surface area contributed by atoms with Gasteiger partial charge in [0.15, 0.2) is 11.6 Å².